The molecule has 0 aliphatic carbocycles. The summed E-state index contributed by atoms with van der Waals surface area (Å²) in [4.78, 5) is 20.3. The van der Waals surface area contributed by atoms with Gasteiger partial charge in [0.25, 0.3) is 5.69 Å². The van der Waals surface area contributed by atoms with E-state index in [9.17, 15) is 14.9 Å². The summed E-state index contributed by atoms with van der Waals surface area (Å²) in [5.74, 6) is 3.74. The fourth-order valence-electron chi connectivity index (χ4n) is 0.977. The molecule has 1 aromatic rings. The van der Waals surface area contributed by atoms with Crippen LogP contribution in [0.5, 0.6) is 0 Å². The molecule has 0 radical (unpaired) electrons. The lowest BCUT2D eigenvalue weighted by Crippen LogP contribution is -1.93. The minimum Gasteiger partial charge on any atom is -0.481 e. The van der Waals surface area contributed by atoms with E-state index in [-0.39, 0.29) is 17.7 Å². The summed E-state index contributed by atoms with van der Waals surface area (Å²) >= 11 is 3.11. The monoisotopic (exact) mass is 283 g/mol. The van der Waals surface area contributed by atoms with E-state index in [0.717, 1.165) is 0 Å². The van der Waals surface area contributed by atoms with Crippen LogP contribution in [-0.4, -0.2) is 16.0 Å². The largest absolute Gasteiger partial charge is 0.481 e. The van der Waals surface area contributed by atoms with Gasteiger partial charge in [0, 0.05) is 10.5 Å². The number of carbonyl (C=O) groups is 1. The molecule has 16 heavy (non-hydrogen) atoms. The molecule has 0 aliphatic heterocycles. The first-order chi connectivity index (χ1) is 7.50. The number of nitro benzene ring substituents is 1. The SMILES string of the molecule is O=C(O)CC#Cc1ccc(Br)cc1[N+](=O)[O-]. The molecule has 1 rings (SSSR count). The fourth-order valence-corrected chi connectivity index (χ4v) is 1.33. The van der Waals surface area contributed by atoms with Gasteiger partial charge < -0.3 is 5.11 Å². The first-order valence-electron chi connectivity index (χ1n) is 4.15. The van der Waals surface area contributed by atoms with Crippen LogP contribution in [0.3, 0.4) is 0 Å². The van der Waals surface area contributed by atoms with E-state index in [1.54, 1.807) is 6.07 Å². The highest BCUT2D eigenvalue weighted by Gasteiger charge is 2.11. The summed E-state index contributed by atoms with van der Waals surface area (Å²) in [5, 5.41) is 19.0. The summed E-state index contributed by atoms with van der Waals surface area (Å²) in [6.45, 7) is 0. The van der Waals surface area contributed by atoms with Gasteiger partial charge in [0.05, 0.1) is 4.92 Å². The third-order valence-electron chi connectivity index (χ3n) is 1.62. The van der Waals surface area contributed by atoms with Gasteiger partial charge in [-0.15, -0.1) is 0 Å². The van der Waals surface area contributed by atoms with Crippen molar-refractivity contribution in [2.24, 2.45) is 0 Å². The number of hydrogen-bond acceptors (Lipinski definition) is 3. The summed E-state index contributed by atoms with van der Waals surface area (Å²) in [6, 6.07) is 4.40. The molecule has 0 saturated heterocycles. The van der Waals surface area contributed by atoms with E-state index in [1.165, 1.54) is 12.1 Å². The van der Waals surface area contributed by atoms with Crippen LogP contribution in [0, 0.1) is 22.0 Å². The fraction of sp³-hybridized carbons (Fsp3) is 0.100. The third kappa shape index (κ3) is 3.37. The predicted molar refractivity (Wildman–Crippen MR) is 59.9 cm³/mol. The Morgan fingerprint density at radius 2 is 2.25 bits per heavy atom. The molecule has 0 aliphatic rings. The Bertz CT molecular complexity index is 501. The molecule has 1 aromatic carbocycles. The molecule has 0 spiro atoms. The van der Waals surface area contributed by atoms with Gasteiger partial charge in [0.2, 0.25) is 0 Å². The quantitative estimate of drug-likeness (QED) is 0.512. The number of aliphatic carboxylic acids is 1. The molecule has 82 valence electrons. The topological polar surface area (TPSA) is 80.4 Å². The molecular weight excluding hydrogens is 278 g/mol. The maximum absolute atomic E-state index is 10.7. The van der Waals surface area contributed by atoms with E-state index in [0.29, 0.717) is 4.47 Å². The van der Waals surface area contributed by atoms with Crippen molar-refractivity contribution in [2.75, 3.05) is 0 Å². The lowest BCUT2D eigenvalue weighted by molar-refractivity contribution is -0.385. The van der Waals surface area contributed by atoms with Gasteiger partial charge in [-0.2, -0.15) is 0 Å². The molecule has 0 saturated carbocycles. The number of nitro groups is 1. The van der Waals surface area contributed by atoms with Crippen molar-refractivity contribution in [1.29, 1.82) is 0 Å². The zero-order valence-electron chi connectivity index (χ0n) is 7.94. The van der Waals surface area contributed by atoms with Crippen LogP contribution in [0.2, 0.25) is 0 Å². The molecule has 0 fully saturated rings. The molecule has 0 aromatic heterocycles. The molecule has 1 N–H and O–H groups in total. The van der Waals surface area contributed by atoms with Crippen LogP contribution < -0.4 is 0 Å². The van der Waals surface area contributed by atoms with E-state index in [4.69, 9.17) is 5.11 Å². The highest BCUT2D eigenvalue weighted by Crippen LogP contribution is 2.22. The Balaban J connectivity index is 3.07. The van der Waals surface area contributed by atoms with Gasteiger partial charge >= 0.3 is 5.97 Å². The minimum atomic E-state index is -1.06. The van der Waals surface area contributed by atoms with Crippen molar-refractivity contribution < 1.29 is 14.8 Å². The molecule has 0 amide bonds. The zero-order chi connectivity index (χ0) is 12.1. The van der Waals surface area contributed by atoms with E-state index in [1.807, 2.05) is 0 Å². The normalized spacial score (nSPS) is 9.06. The van der Waals surface area contributed by atoms with Gasteiger partial charge in [0.15, 0.2) is 0 Å². The van der Waals surface area contributed by atoms with Crippen LogP contribution in [0.25, 0.3) is 0 Å². The maximum Gasteiger partial charge on any atom is 0.315 e. The first kappa shape index (κ1) is 12.2. The van der Waals surface area contributed by atoms with Crippen LogP contribution in [0.4, 0.5) is 5.69 Å². The second kappa shape index (κ2) is 5.28. The second-order valence-corrected chi connectivity index (χ2v) is 3.71. The van der Waals surface area contributed by atoms with Crippen LogP contribution in [-0.2, 0) is 4.79 Å². The van der Waals surface area contributed by atoms with Crippen molar-refractivity contribution in [3.05, 3.63) is 38.3 Å². The van der Waals surface area contributed by atoms with Crippen LogP contribution in [0.1, 0.15) is 12.0 Å². The molecule has 0 bridgehead atoms. The summed E-state index contributed by atoms with van der Waals surface area (Å²) in [7, 11) is 0. The summed E-state index contributed by atoms with van der Waals surface area (Å²) in [6.07, 6.45) is -0.340. The smallest absolute Gasteiger partial charge is 0.315 e. The maximum atomic E-state index is 10.7. The van der Waals surface area contributed by atoms with Crippen molar-refractivity contribution in [3.63, 3.8) is 0 Å². The summed E-state index contributed by atoms with van der Waals surface area (Å²) < 4.78 is 0.572. The zero-order valence-corrected chi connectivity index (χ0v) is 9.52. The standard InChI is InChI=1S/C10H6BrNO4/c11-8-5-4-7(2-1-3-10(13)14)9(6-8)12(15)16/h4-6H,3H2,(H,13,14). The Hall–Kier alpha value is -1.87. The van der Waals surface area contributed by atoms with E-state index >= 15 is 0 Å². The van der Waals surface area contributed by atoms with Gasteiger partial charge in [-0.1, -0.05) is 27.8 Å². The van der Waals surface area contributed by atoms with Crippen molar-refractivity contribution in [2.45, 2.75) is 6.42 Å². The molecular formula is C10H6BrNO4. The molecule has 0 atom stereocenters. The highest BCUT2D eigenvalue weighted by molar-refractivity contribution is 9.10. The Morgan fingerprint density at radius 1 is 1.56 bits per heavy atom. The Labute approximate surface area is 99.4 Å². The van der Waals surface area contributed by atoms with Gasteiger partial charge in [-0.05, 0) is 12.1 Å². The number of benzene rings is 1. The number of halogens is 1. The number of carboxylic acids is 1. The van der Waals surface area contributed by atoms with Crippen molar-refractivity contribution in [3.8, 4) is 11.8 Å². The Morgan fingerprint density at radius 3 is 2.81 bits per heavy atom. The number of hydrogen-bond donors (Lipinski definition) is 1. The number of nitrogens with zero attached hydrogens (tertiary/aromatic N) is 1. The van der Waals surface area contributed by atoms with E-state index in [2.05, 4.69) is 27.8 Å². The first-order valence-corrected chi connectivity index (χ1v) is 4.94. The number of rotatable bonds is 2. The predicted octanol–water partition coefficient (Wildman–Crippen LogP) is 2.18. The summed E-state index contributed by atoms with van der Waals surface area (Å²) in [5.41, 5.74) is 0.0571. The van der Waals surface area contributed by atoms with E-state index < -0.39 is 10.9 Å². The van der Waals surface area contributed by atoms with Crippen molar-refractivity contribution >= 4 is 27.6 Å². The molecule has 5 nitrogen and oxygen atoms in total. The van der Waals surface area contributed by atoms with Gasteiger partial charge in [0.1, 0.15) is 12.0 Å². The minimum absolute atomic E-state index is 0.146. The Kier molecular flexibility index (Phi) is 4.03. The molecule has 6 heteroatoms. The molecule has 0 heterocycles. The lowest BCUT2D eigenvalue weighted by atomic mass is 10.2. The average Bonchev–Trinajstić information content (AvgIpc) is 2.19. The van der Waals surface area contributed by atoms with Crippen molar-refractivity contribution in [1.82, 2.24) is 0 Å². The van der Waals surface area contributed by atoms with Gasteiger partial charge in [-0.25, -0.2) is 0 Å². The highest BCUT2D eigenvalue weighted by atomic mass is 79.9. The van der Waals surface area contributed by atoms with Crippen LogP contribution in [0.15, 0.2) is 22.7 Å². The van der Waals surface area contributed by atoms with Crippen LogP contribution >= 0.6 is 15.9 Å². The lowest BCUT2D eigenvalue weighted by Gasteiger charge is -1.95. The average molecular weight is 284 g/mol. The molecule has 0 unspecified atom stereocenters. The second-order valence-electron chi connectivity index (χ2n) is 2.79. The number of carboxylic acid groups (broad SMARTS) is 1. The third-order valence-corrected chi connectivity index (χ3v) is 2.11. The van der Waals surface area contributed by atoms with Gasteiger partial charge in [-0.3, -0.25) is 14.9 Å².